The zero-order valence-corrected chi connectivity index (χ0v) is 19.7. The zero-order chi connectivity index (χ0) is 23.4. The number of carbonyl (C=O) groups excluding carboxylic acids is 2. The third-order valence-corrected chi connectivity index (χ3v) is 8.51. The molecule has 2 amide bonds. The van der Waals surface area contributed by atoms with Crippen LogP contribution in [0.1, 0.15) is 49.7 Å². The predicted octanol–water partition coefficient (Wildman–Crippen LogP) is 3.28. The molecule has 176 valence electrons. The molecule has 0 spiro atoms. The van der Waals surface area contributed by atoms with Gasteiger partial charge in [-0.1, -0.05) is 37.3 Å². The molecule has 0 saturated carbocycles. The fraction of sp³-hybridized carbons (Fsp3) is 0.440. The second kappa shape index (κ2) is 10.1. The van der Waals surface area contributed by atoms with E-state index in [2.05, 4.69) is 29.7 Å². The summed E-state index contributed by atoms with van der Waals surface area (Å²) in [5, 5.41) is 5.88. The van der Waals surface area contributed by atoms with Crippen LogP contribution in [0, 0.1) is 5.92 Å². The minimum Gasteiger partial charge on any atom is -0.355 e. The zero-order valence-electron chi connectivity index (χ0n) is 18.9. The molecule has 2 aromatic rings. The molecule has 0 aromatic heterocycles. The first-order chi connectivity index (χ1) is 15.8. The van der Waals surface area contributed by atoms with Gasteiger partial charge in [-0.15, -0.1) is 0 Å². The summed E-state index contributed by atoms with van der Waals surface area (Å²) < 4.78 is 27.9. The van der Waals surface area contributed by atoms with E-state index in [1.54, 1.807) is 18.2 Å². The van der Waals surface area contributed by atoms with Crippen molar-refractivity contribution in [3.63, 3.8) is 0 Å². The molecule has 2 aliphatic heterocycles. The van der Waals surface area contributed by atoms with E-state index in [-0.39, 0.29) is 28.5 Å². The van der Waals surface area contributed by atoms with E-state index in [1.807, 2.05) is 18.2 Å². The van der Waals surface area contributed by atoms with Crippen LogP contribution in [0.2, 0.25) is 0 Å². The first-order valence-electron chi connectivity index (χ1n) is 11.6. The maximum atomic E-state index is 13.2. The van der Waals surface area contributed by atoms with Crippen molar-refractivity contribution >= 4 is 27.5 Å². The van der Waals surface area contributed by atoms with Crippen LogP contribution in [0.15, 0.2) is 53.4 Å². The average Bonchev–Trinajstić information content (AvgIpc) is 3.02. The molecular formula is C25H31N3O4S. The van der Waals surface area contributed by atoms with E-state index < -0.39 is 10.0 Å². The molecule has 0 aliphatic carbocycles. The van der Waals surface area contributed by atoms with E-state index in [0.717, 1.165) is 5.56 Å². The molecule has 1 atom stereocenters. The molecule has 0 unspecified atom stereocenters. The van der Waals surface area contributed by atoms with Crippen molar-refractivity contribution in [3.05, 3.63) is 59.7 Å². The van der Waals surface area contributed by atoms with Crippen molar-refractivity contribution in [3.8, 4) is 0 Å². The van der Waals surface area contributed by atoms with E-state index in [0.29, 0.717) is 57.4 Å². The lowest BCUT2D eigenvalue weighted by atomic mass is 9.96. The number of piperidine rings is 1. The molecule has 7 nitrogen and oxygen atoms in total. The molecule has 2 N–H and O–H groups in total. The monoisotopic (exact) mass is 469 g/mol. The van der Waals surface area contributed by atoms with Gasteiger partial charge >= 0.3 is 0 Å². The highest BCUT2D eigenvalue weighted by Gasteiger charge is 2.32. The molecule has 1 saturated heterocycles. The van der Waals surface area contributed by atoms with E-state index in [9.17, 15) is 18.0 Å². The van der Waals surface area contributed by atoms with Gasteiger partial charge in [0.15, 0.2) is 0 Å². The number of hydrogen-bond acceptors (Lipinski definition) is 4. The van der Waals surface area contributed by atoms with Crippen LogP contribution >= 0.6 is 0 Å². The Morgan fingerprint density at radius 1 is 1.12 bits per heavy atom. The number of anilines is 1. The van der Waals surface area contributed by atoms with E-state index in [1.165, 1.54) is 9.87 Å². The molecule has 2 aromatic carbocycles. The second-order valence-electron chi connectivity index (χ2n) is 8.96. The SMILES string of the molecule is C[C@H](CNC(=O)C1CCN(S(=O)(=O)c2ccc3c(c2)CCCC(=O)N3)CC1)c1ccccc1. The Morgan fingerprint density at radius 3 is 2.58 bits per heavy atom. The largest absolute Gasteiger partial charge is 0.355 e. The number of carbonyl (C=O) groups is 2. The van der Waals surface area contributed by atoms with Gasteiger partial charge in [-0.25, -0.2) is 8.42 Å². The molecule has 2 aliphatic rings. The lowest BCUT2D eigenvalue weighted by molar-refractivity contribution is -0.126. The van der Waals surface area contributed by atoms with Crippen molar-refractivity contribution in [1.29, 1.82) is 0 Å². The van der Waals surface area contributed by atoms with Crippen LogP contribution in [0.5, 0.6) is 0 Å². The highest BCUT2D eigenvalue weighted by Crippen LogP contribution is 2.29. The number of rotatable bonds is 6. The minimum absolute atomic E-state index is 0.00407. The number of benzene rings is 2. The topological polar surface area (TPSA) is 95.6 Å². The summed E-state index contributed by atoms with van der Waals surface area (Å²) in [5.41, 5.74) is 2.72. The van der Waals surface area contributed by atoms with Gasteiger partial charge in [-0.2, -0.15) is 4.31 Å². The van der Waals surface area contributed by atoms with Gasteiger partial charge in [0.05, 0.1) is 4.90 Å². The summed E-state index contributed by atoms with van der Waals surface area (Å²) >= 11 is 0. The first-order valence-corrected chi connectivity index (χ1v) is 13.0. The number of hydrogen-bond donors (Lipinski definition) is 2. The maximum absolute atomic E-state index is 13.2. The second-order valence-corrected chi connectivity index (χ2v) is 10.9. The van der Waals surface area contributed by atoms with Gasteiger partial charge in [-0.3, -0.25) is 9.59 Å². The molecule has 4 rings (SSSR count). The van der Waals surface area contributed by atoms with Crippen molar-refractivity contribution in [2.45, 2.75) is 49.8 Å². The minimum atomic E-state index is -3.64. The Hall–Kier alpha value is -2.71. The van der Waals surface area contributed by atoms with Crippen LogP contribution in [0.4, 0.5) is 5.69 Å². The Bertz CT molecular complexity index is 1110. The van der Waals surface area contributed by atoms with Gasteiger partial charge in [0.2, 0.25) is 21.8 Å². The number of sulfonamides is 1. The summed E-state index contributed by atoms with van der Waals surface area (Å²) in [6, 6.07) is 15.0. The van der Waals surface area contributed by atoms with Gasteiger partial charge in [0, 0.05) is 37.7 Å². The third-order valence-electron chi connectivity index (χ3n) is 6.61. The fourth-order valence-electron chi connectivity index (χ4n) is 4.52. The highest BCUT2D eigenvalue weighted by atomic mass is 32.2. The normalized spacial score (nSPS) is 18.6. The molecule has 2 heterocycles. The predicted molar refractivity (Wildman–Crippen MR) is 127 cm³/mol. The van der Waals surface area contributed by atoms with E-state index in [4.69, 9.17) is 0 Å². The quantitative estimate of drug-likeness (QED) is 0.679. The van der Waals surface area contributed by atoms with Crippen molar-refractivity contribution in [1.82, 2.24) is 9.62 Å². The number of nitrogens with one attached hydrogen (secondary N) is 2. The summed E-state index contributed by atoms with van der Waals surface area (Å²) in [6.45, 7) is 3.29. The van der Waals surface area contributed by atoms with Gasteiger partial charge in [-0.05, 0) is 60.9 Å². The Labute approximate surface area is 195 Å². The number of aryl methyl sites for hydroxylation is 1. The Kier molecular flexibility index (Phi) is 7.14. The van der Waals surface area contributed by atoms with E-state index >= 15 is 0 Å². The van der Waals surface area contributed by atoms with Crippen LogP contribution in [-0.4, -0.2) is 44.2 Å². The summed E-state index contributed by atoms with van der Waals surface area (Å²) in [4.78, 5) is 24.7. The van der Waals surface area contributed by atoms with Gasteiger partial charge in [0.1, 0.15) is 0 Å². The average molecular weight is 470 g/mol. The molecule has 0 radical (unpaired) electrons. The molecule has 0 bridgehead atoms. The molecular weight excluding hydrogens is 438 g/mol. The van der Waals surface area contributed by atoms with Gasteiger partial charge in [0.25, 0.3) is 0 Å². The first kappa shape index (κ1) is 23.4. The van der Waals surface area contributed by atoms with Gasteiger partial charge < -0.3 is 10.6 Å². The highest BCUT2D eigenvalue weighted by molar-refractivity contribution is 7.89. The smallest absolute Gasteiger partial charge is 0.243 e. The maximum Gasteiger partial charge on any atom is 0.243 e. The Morgan fingerprint density at radius 2 is 1.85 bits per heavy atom. The van der Waals surface area contributed by atoms with Crippen molar-refractivity contribution in [2.75, 3.05) is 25.0 Å². The van der Waals surface area contributed by atoms with Crippen LogP contribution < -0.4 is 10.6 Å². The Balaban J connectivity index is 1.34. The van der Waals surface area contributed by atoms with Crippen molar-refractivity contribution < 1.29 is 18.0 Å². The summed E-state index contributed by atoms with van der Waals surface area (Å²) in [6.07, 6.45) is 2.82. The lowest BCUT2D eigenvalue weighted by Crippen LogP contribution is -2.43. The molecule has 8 heteroatoms. The van der Waals surface area contributed by atoms with Crippen LogP contribution in [0.25, 0.3) is 0 Å². The summed E-state index contributed by atoms with van der Waals surface area (Å²) in [7, 11) is -3.64. The molecule has 1 fully saturated rings. The van der Waals surface area contributed by atoms with Crippen LogP contribution in [0.3, 0.4) is 0 Å². The third kappa shape index (κ3) is 5.45. The standard InChI is InChI=1S/C25H31N3O4S/c1-18(19-6-3-2-4-7-19)17-26-25(30)20-12-14-28(15-13-20)33(31,32)22-10-11-23-21(16-22)8-5-9-24(29)27-23/h2-4,6-7,10-11,16,18,20H,5,8-9,12-15,17H2,1H3,(H,26,30)(H,27,29)/t18-/m1/s1. The fourth-order valence-corrected chi connectivity index (χ4v) is 6.04. The lowest BCUT2D eigenvalue weighted by Gasteiger charge is -2.31. The molecule has 33 heavy (non-hydrogen) atoms. The number of amides is 2. The van der Waals surface area contributed by atoms with Crippen molar-refractivity contribution in [2.24, 2.45) is 5.92 Å². The number of nitrogens with zero attached hydrogens (tertiary/aromatic N) is 1. The van der Waals surface area contributed by atoms with Crippen LogP contribution in [-0.2, 0) is 26.0 Å². The summed E-state index contributed by atoms with van der Waals surface area (Å²) in [5.74, 6) is -0.00578. The number of fused-ring (bicyclic) bond motifs is 1.